The molecule has 26 heavy (non-hydrogen) atoms. The highest BCUT2D eigenvalue weighted by Gasteiger charge is 2.30. The van der Waals surface area contributed by atoms with Gasteiger partial charge in [-0.2, -0.15) is 0 Å². The Kier molecular flexibility index (Phi) is 5.61. The molecule has 0 aromatic heterocycles. The highest BCUT2D eigenvalue weighted by atomic mass is 32.2. The Labute approximate surface area is 156 Å². The highest BCUT2D eigenvalue weighted by molar-refractivity contribution is 7.92. The van der Waals surface area contributed by atoms with E-state index < -0.39 is 10.0 Å². The van der Waals surface area contributed by atoms with E-state index in [0.717, 1.165) is 25.1 Å². The fourth-order valence-electron chi connectivity index (χ4n) is 3.18. The van der Waals surface area contributed by atoms with E-state index in [0.29, 0.717) is 6.54 Å². The molecule has 0 fully saturated rings. The van der Waals surface area contributed by atoms with Crippen LogP contribution in [0.1, 0.15) is 30.5 Å². The van der Waals surface area contributed by atoms with Crippen LogP contribution < -0.4 is 4.72 Å². The Balaban J connectivity index is 1.62. The zero-order valence-corrected chi connectivity index (χ0v) is 16.2. The Morgan fingerprint density at radius 3 is 2.42 bits per heavy atom. The van der Waals surface area contributed by atoms with Crippen LogP contribution in [0.3, 0.4) is 0 Å². The Bertz CT molecular complexity index is 874. The highest BCUT2D eigenvalue weighted by Crippen LogP contribution is 2.25. The van der Waals surface area contributed by atoms with Gasteiger partial charge in [-0.15, -0.1) is 0 Å². The number of hydrogen-bond donors (Lipinski definition) is 1. The minimum Gasteiger partial charge on any atom is -0.292 e. The number of hydrogen-bond acceptors (Lipinski definition) is 3. The summed E-state index contributed by atoms with van der Waals surface area (Å²) in [5, 5.41) is 1.24. The second-order valence-electron chi connectivity index (χ2n) is 7.33. The molecule has 1 aliphatic rings. The summed E-state index contributed by atoms with van der Waals surface area (Å²) in [4.78, 5) is 2.35. The zero-order chi connectivity index (χ0) is 18.6. The van der Waals surface area contributed by atoms with Gasteiger partial charge in [0, 0.05) is 30.6 Å². The smallest absolute Gasteiger partial charge is 0.233 e. The van der Waals surface area contributed by atoms with Crippen molar-refractivity contribution < 1.29 is 8.42 Å². The molecule has 0 saturated heterocycles. The lowest BCUT2D eigenvalue weighted by atomic mass is 9.94. The third-order valence-electron chi connectivity index (χ3n) is 4.93. The molecule has 138 valence electrons. The molecule has 3 rings (SSSR count). The summed E-state index contributed by atoms with van der Waals surface area (Å²) in [5.41, 5.74) is 3.33. The lowest BCUT2D eigenvalue weighted by Gasteiger charge is -2.41. The molecule has 0 atom stereocenters. The summed E-state index contributed by atoms with van der Waals surface area (Å²) in [5.74, 6) is 0. The molecule has 0 radical (unpaired) electrons. The van der Waals surface area contributed by atoms with Crippen molar-refractivity contribution in [1.82, 2.24) is 9.62 Å². The topological polar surface area (TPSA) is 49.4 Å². The first-order chi connectivity index (χ1) is 12.4. The Hall–Kier alpha value is -1.95. The van der Waals surface area contributed by atoms with Gasteiger partial charge in [-0.25, -0.2) is 13.1 Å². The number of sulfonamides is 1. The van der Waals surface area contributed by atoms with Crippen molar-refractivity contribution in [1.29, 1.82) is 0 Å². The second-order valence-corrected chi connectivity index (χ2v) is 8.98. The Morgan fingerprint density at radius 2 is 1.69 bits per heavy atom. The average molecular weight is 371 g/mol. The zero-order valence-electron chi connectivity index (χ0n) is 15.4. The van der Waals surface area contributed by atoms with E-state index in [4.69, 9.17) is 0 Å². The molecule has 1 heterocycles. The summed E-state index contributed by atoms with van der Waals surface area (Å²) in [6, 6.07) is 17.9. The lowest BCUT2D eigenvalue weighted by molar-refractivity contribution is 0.108. The Morgan fingerprint density at radius 1 is 1.04 bits per heavy atom. The lowest BCUT2D eigenvalue weighted by Crippen LogP contribution is -2.52. The van der Waals surface area contributed by atoms with E-state index in [2.05, 4.69) is 47.7 Å². The van der Waals surface area contributed by atoms with Crippen LogP contribution in [0.4, 0.5) is 0 Å². The molecule has 0 spiro atoms. The summed E-state index contributed by atoms with van der Waals surface area (Å²) < 4.78 is 27.4. The number of benzene rings is 2. The molecule has 2 aromatic carbocycles. The third kappa shape index (κ3) is 4.81. The van der Waals surface area contributed by atoms with Gasteiger partial charge in [0.1, 0.15) is 0 Å². The molecular weight excluding hydrogens is 344 g/mol. The van der Waals surface area contributed by atoms with Crippen LogP contribution in [0, 0.1) is 0 Å². The van der Waals surface area contributed by atoms with Gasteiger partial charge in [0.2, 0.25) is 10.0 Å². The number of rotatable bonds is 6. The van der Waals surface area contributed by atoms with E-state index in [-0.39, 0.29) is 5.54 Å². The predicted molar refractivity (Wildman–Crippen MR) is 107 cm³/mol. The first kappa shape index (κ1) is 18.8. The van der Waals surface area contributed by atoms with Crippen molar-refractivity contribution >= 4 is 16.1 Å². The summed E-state index contributed by atoms with van der Waals surface area (Å²) in [6.45, 7) is 6.34. The molecule has 0 saturated carbocycles. The summed E-state index contributed by atoms with van der Waals surface area (Å²) >= 11 is 0. The van der Waals surface area contributed by atoms with Gasteiger partial charge in [-0.05, 0) is 43.0 Å². The normalized spacial score (nSPS) is 15.9. The summed E-state index contributed by atoms with van der Waals surface area (Å²) in [6.07, 6.45) is 2.62. The van der Waals surface area contributed by atoms with Crippen LogP contribution in [0.15, 0.2) is 60.0 Å². The van der Waals surface area contributed by atoms with Crippen LogP contribution in [-0.4, -0.2) is 31.9 Å². The van der Waals surface area contributed by atoms with Crippen LogP contribution in [0.2, 0.25) is 0 Å². The maximum atomic E-state index is 12.3. The van der Waals surface area contributed by atoms with E-state index in [1.165, 1.54) is 16.5 Å². The second kappa shape index (κ2) is 7.74. The van der Waals surface area contributed by atoms with Crippen LogP contribution >= 0.6 is 0 Å². The molecular formula is C21H26N2O2S. The minimum absolute atomic E-state index is 0.263. The fourth-order valence-corrected chi connectivity index (χ4v) is 4.17. The molecule has 1 N–H and O–H groups in total. The SMILES string of the molecule is CC(C)(CNS(=O)(=O)C=Cc1ccccc1)N1CCc2ccccc2C1. The predicted octanol–water partition coefficient (Wildman–Crippen LogP) is 3.41. The number of nitrogens with zero attached hydrogens (tertiary/aromatic N) is 1. The largest absolute Gasteiger partial charge is 0.292 e. The van der Waals surface area contributed by atoms with Gasteiger partial charge < -0.3 is 0 Å². The van der Waals surface area contributed by atoms with Crippen LogP contribution in [-0.2, 0) is 23.0 Å². The number of fused-ring (bicyclic) bond motifs is 1. The maximum absolute atomic E-state index is 12.3. The molecule has 1 aliphatic heterocycles. The molecule has 4 nitrogen and oxygen atoms in total. The minimum atomic E-state index is -3.47. The van der Waals surface area contributed by atoms with Gasteiger partial charge in [0.15, 0.2) is 0 Å². The summed E-state index contributed by atoms with van der Waals surface area (Å²) in [7, 11) is -3.47. The average Bonchev–Trinajstić information content (AvgIpc) is 2.66. The fraction of sp³-hybridized carbons (Fsp3) is 0.333. The van der Waals surface area contributed by atoms with Gasteiger partial charge in [-0.3, -0.25) is 4.90 Å². The van der Waals surface area contributed by atoms with Gasteiger partial charge in [0.05, 0.1) is 0 Å². The van der Waals surface area contributed by atoms with E-state index >= 15 is 0 Å². The molecule has 0 aliphatic carbocycles. The molecule has 0 unspecified atom stereocenters. The van der Waals surface area contributed by atoms with Crippen molar-refractivity contribution in [2.45, 2.75) is 32.4 Å². The van der Waals surface area contributed by atoms with Crippen LogP contribution in [0.5, 0.6) is 0 Å². The van der Waals surface area contributed by atoms with Gasteiger partial charge in [0.25, 0.3) is 0 Å². The molecule has 0 bridgehead atoms. The number of nitrogens with one attached hydrogen (secondary N) is 1. The van der Waals surface area contributed by atoms with Crippen molar-refractivity contribution in [2.24, 2.45) is 0 Å². The first-order valence-corrected chi connectivity index (χ1v) is 10.4. The van der Waals surface area contributed by atoms with E-state index in [1.54, 1.807) is 6.08 Å². The van der Waals surface area contributed by atoms with Crippen molar-refractivity contribution in [2.75, 3.05) is 13.1 Å². The van der Waals surface area contributed by atoms with E-state index in [9.17, 15) is 8.42 Å². The molecule has 5 heteroatoms. The molecule has 0 amide bonds. The van der Waals surface area contributed by atoms with Crippen molar-refractivity contribution in [3.05, 3.63) is 76.7 Å². The van der Waals surface area contributed by atoms with E-state index in [1.807, 2.05) is 30.3 Å². The first-order valence-electron chi connectivity index (χ1n) is 8.90. The quantitative estimate of drug-likeness (QED) is 0.848. The van der Waals surface area contributed by atoms with Crippen LogP contribution in [0.25, 0.3) is 6.08 Å². The van der Waals surface area contributed by atoms with Gasteiger partial charge >= 0.3 is 0 Å². The standard InChI is InChI=1S/C21H26N2O2S/c1-21(2,23-14-12-19-10-6-7-11-20(19)16-23)17-22-26(24,25)15-13-18-8-4-3-5-9-18/h3-11,13,15,22H,12,14,16-17H2,1-2H3. The van der Waals surface area contributed by atoms with Crippen molar-refractivity contribution in [3.63, 3.8) is 0 Å². The molecule has 2 aromatic rings. The maximum Gasteiger partial charge on any atom is 0.233 e. The van der Waals surface area contributed by atoms with Crippen molar-refractivity contribution in [3.8, 4) is 0 Å². The van der Waals surface area contributed by atoms with Gasteiger partial charge in [-0.1, -0.05) is 54.6 Å². The monoisotopic (exact) mass is 370 g/mol. The third-order valence-corrected chi connectivity index (χ3v) is 5.97.